The summed E-state index contributed by atoms with van der Waals surface area (Å²) in [6, 6.07) is 0. The van der Waals surface area contributed by atoms with E-state index < -0.39 is 0 Å². The van der Waals surface area contributed by atoms with E-state index in [1.165, 1.54) is 12.7 Å². The van der Waals surface area contributed by atoms with E-state index in [-0.39, 0.29) is 5.91 Å². The largest absolute Gasteiger partial charge is 0.442 e. The van der Waals surface area contributed by atoms with Crippen LogP contribution in [0, 0.1) is 6.92 Å². The Bertz CT molecular complexity index is 746. The van der Waals surface area contributed by atoms with Gasteiger partial charge in [0, 0.05) is 26.2 Å². The lowest BCUT2D eigenvalue weighted by Gasteiger charge is -2.29. The summed E-state index contributed by atoms with van der Waals surface area (Å²) < 4.78 is 11.1. The third-order valence-electron chi connectivity index (χ3n) is 4.81. The molecule has 0 saturated carbocycles. The Balaban J connectivity index is 1.79. The molecule has 4 rings (SSSR count). The molecule has 0 unspecified atom stereocenters. The summed E-state index contributed by atoms with van der Waals surface area (Å²) in [5, 5.41) is 0.758. The van der Waals surface area contributed by atoms with Gasteiger partial charge >= 0.3 is 0 Å². The average Bonchev–Trinajstić information content (AvgIpc) is 2.98. The van der Waals surface area contributed by atoms with Crippen molar-refractivity contribution in [1.29, 1.82) is 0 Å². The molecule has 1 amide bonds. The quantitative estimate of drug-likeness (QED) is 0.838. The zero-order valence-electron chi connectivity index (χ0n) is 14.0. The highest BCUT2D eigenvalue weighted by molar-refractivity contribution is 6.10. The van der Waals surface area contributed by atoms with E-state index in [0.29, 0.717) is 43.3 Å². The standard InChI is InChI=1S/C17H22N4O3/c1-12-13(17(22)21-7-9-23-10-8-21)14-15(18-11-19-16(14)24-12)20-5-3-2-4-6-20/h11H,2-10H2,1H3. The number of carbonyl (C=O) groups excluding carboxylic acids is 1. The van der Waals surface area contributed by atoms with Gasteiger partial charge in [0.2, 0.25) is 5.71 Å². The van der Waals surface area contributed by atoms with E-state index in [0.717, 1.165) is 37.1 Å². The third-order valence-corrected chi connectivity index (χ3v) is 4.81. The second kappa shape index (κ2) is 6.39. The average molecular weight is 330 g/mol. The van der Waals surface area contributed by atoms with Crippen molar-refractivity contribution in [3.8, 4) is 0 Å². The summed E-state index contributed by atoms with van der Waals surface area (Å²) in [4.78, 5) is 25.9. The molecule has 0 radical (unpaired) electrons. The summed E-state index contributed by atoms with van der Waals surface area (Å²) in [6.45, 7) is 6.12. The molecule has 0 N–H and O–H groups in total. The first-order valence-corrected chi connectivity index (χ1v) is 8.62. The smallest absolute Gasteiger partial charge is 0.258 e. The second-order valence-electron chi connectivity index (χ2n) is 6.36. The number of ether oxygens (including phenoxy) is 1. The molecule has 128 valence electrons. The molecule has 2 fully saturated rings. The fraction of sp³-hybridized carbons (Fsp3) is 0.588. The van der Waals surface area contributed by atoms with Crippen LogP contribution >= 0.6 is 0 Å². The highest BCUT2D eigenvalue weighted by Crippen LogP contribution is 2.33. The molecule has 2 aliphatic rings. The van der Waals surface area contributed by atoms with Crippen LogP contribution in [0.1, 0.15) is 35.4 Å². The van der Waals surface area contributed by atoms with Gasteiger partial charge in [-0.05, 0) is 26.2 Å². The Kier molecular flexibility index (Phi) is 4.10. The van der Waals surface area contributed by atoms with Gasteiger partial charge in [0.25, 0.3) is 5.91 Å². The number of carbonyl (C=O) groups is 1. The van der Waals surface area contributed by atoms with Gasteiger partial charge in [-0.3, -0.25) is 4.79 Å². The Morgan fingerprint density at radius 2 is 1.83 bits per heavy atom. The van der Waals surface area contributed by atoms with Gasteiger partial charge in [0.15, 0.2) is 0 Å². The molecule has 0 atom stereocenters. The number of hydrogen-bond donors (Lipinski definition) is 0. The third kappa shape index (κ3) is 2.62. The number of rotatable bonds is 2. The molecule has 7 heteroatoms. The summed E-state index contributed by atoms with van der Waals surface area (Å²) in [5.74, 6) is 1.43. The van der Waals surface area contributed by atoms with Crippen LogP contribution in [0.25, 0.3) is 11.1 Å². The highest BCUT2D eigenvalue weighted by Gasteiger charge is 2.29. The van der Waals surface area contributed by atoms with Crippen LogP contribution in [0.3, 0.4) is 0 Å². The molecule has 4 heterocycles. The Labute approximate surface area is 140 Å². The van der Waals surface area contributed by atoms with E-state index >= 15 is 0 Å². The Morgan fingerprint density at radius 3 is 2.58 bits per heavy atom. The number of fused-ring (bicyclic) bond motifs is 1. The molecule has 2 aliphatic heterocycles. The predicted molar refractivity (Wildman–Crippen MR) is 89.3 cm³/mol. The summed E-state index contributed by atoms with van der Waals surface area (Å²) in [7, 11) is 0. The lowest BCUT2D eigenvalue weighted by molar-refractivity contribution is 0.0303. The van der Waals surface area contributed by atoms with Crippen molar-refractivity contribution in [3.05, 3.63) is 17.7 Å². The first-order valence-electron chi connectivity index (χ1n) is 8.62. The van der Waals surface area contributed by atoms with E-state index in [1.807, 2.05) is 11.8 Å². The van der Waals surface area contributed by atoms with E-state index in [2.05, 4.69) is 14.9 Å². The number of furan rings is 1. The molecule has 0 bridgehead atoms. The second-order valence-corrected chi connectivity index (χ2v) is 6.36. The van der Waals surface area contributed by atoms with Crippen molar-refractivity contribution in [3.63, 3.8) is 0 Å². The van der Waals surface area contributed by atoms with Crippen LogP contribution in [-0.4, -0.2) is 60.2 Å². The number of hydrogen-bond acceptors (Lipinski definition) is 6. The van der Waals surface area contributed by atoms with Crippen LogP contribution < -0.4 is 4.90 Å². The summed E-state index contributed by atoms with van der Waals surface area (Å²) in [6.07, 6.45) is 5.07. The lowest BCUT2D eigenvalue weighted by atomic mass is 10.1. The van der Waals surface area contributed by atoms with Crippen molar-refractivity contribution in [2.45, 2.75) is 26.2 Å². The van der Waals surface area contributed by atoms with Gasteiger partial charge in [-0.15, -0.1) is 0 Å². The van der Waals surface area contributed by atoms with E-state index in [1.54, 1.807) is 0 Å². The van der Waals surface area contributed by atoms with E-state index in [9.17, 15) is 4.79 Å². The van der Waals surface area contributed by atoms with Gasteiger partial charge in [-0.1, -0.05) is 0 Å². The van der Waals surface area contributed by atoms with Crippen molar-refractivity contribution >= 4 is 22.8 Å². The molecular weight excluding hydrogens is 308 g/mol. The molecule has 0 aromatic carbocycles. The minimum absolute atomic E-state index is 0.0115. The maximum absolute atomic E-state index is 13.1. The first kappa shape index (κ1) is 15.4. The molecular formula is C17H22N4O3. The van der Waals surface area contributed by atoms with Crippen LogP contribution in [0.15, 0.2) is 10.7 Å². The molecule has 0 spiro atoms. The number of nitrogens with zero attached hydrogens (tertiary/aromatic N) is 4. The molecule has 2 aromatic rings. The van der Waals surface area contributed by atoms with Gasteiger partial charge in [0.1, 0.15) is 17.9 Å². The predicted octanol–water partition coefficient (Wildman–Crippen LogP) is 1.99. The zero-order valence-corrected chi connectivity index (χ0v) is 14.0. The van der Waals surface area contributed by atoms with Crippen molar-refractivity contribution in [1.82, 2.24) is 14.9 Å². The zero-order chi connectivity index (χ0) is 16.5. The monoisotopic (exact) mass is 330 g/mol. The summed E-state index contributed by atoms with van der Waals surface area (Å²) in [5.41, 5.74) is 1.10. The maximum atomic E-state index is 13.1. The van der Waals surface area contributed by atoms with Crippen molar-refractivity contribution < 1.29 is 13.9 Å². The minimum Gasteiger partial charge on any atom is -0.442 e. The lowest BCUT2D eigenvalue weighted by Crippen LogP contribution is -2.41. The number of amides is 1. The topological polar surface area (TPSA) is 71.7 Å². The molecule has 0 aliphatic carbocycles. The van der Waals surface area contributed by atoms with Crippen LogP contribution in [0.5, 0.6) is 0 Å². The van der Waals surface area contributed by atoms with Crippen molar-refractivity contribution in [2.75, 3.05) is 44.3 Å². The minimum atomic E-state index is -0.0115. The molecule has 7 nitrogen and oxygen atoms in total. The van der Waals surface area contributed by atoms with Gasteiger partial charge in [0.05, 0.1) is 24.2 Å². The molecule has 2 aromatic heterocycles. The van der Waals surface area contributed by atoms with Gasteiger partial charge in [-0.25, -0.2) is 9.97 Å². The normalized spacial score (nSPS) is 19.0. The van der Waals surface area contributed by atoms with Gasteiger partial charge < -0.3 is 19.0 Å². The Morgan fingerprint density at radius 1 is 1.08 bits per heavy atom. The van der Waals surface area contributed by atoms with Crippen molar-refractivity contribution in [2.24, 2.45) is 0 Å². The fourth-order valence-corrected chi connectivity index (χ4v) is 3.56. The number of morpholine rings is 1. The van der Waals surface area contributed by atoms with Crippen LogP contribution in [-0.2, 0) is 4.74 Å². The fourth-order valence-electron chi connectivity index (χ4n) is 3.56. The molecule has 2 saturated heterocycles. The number of piperidine rings is 1. The molecule has 24 heavy (non-hydrogen) atoms. The summed E-state index contributed by atoms with van der Waals surface area (Å²) >= 11 is 0. The van der Waals surface area contributed by atoms with Gasteiger partial charge in [-0.2, -0.15) is 0 Å². The van der Waals surface area contributed by atoms with E-state index in [4.69, 9.17) is 9.15 Å². The first-order chi connectivity index (χ1) is 11.8. The Hall–Kier alpha value is -2.15. The van der Waals surface area contributed by atoms with Crippen LogP contribution in [0.4, 0.5) is 5.82 Å². The number of aromatic nitrogens is 2. The maximum Gasteiger partial charge on any atom is 0.258 e. The highest BCUT2D eigenvalue weighted by atomic mass is 16.5. The number of aryl methyl sites for hydroxylation is 1. The number of anilines is 1. The van der Waals surface area contributed by atoms with Crippen LogP contribution in [0.2, 0.25) is 0 Å². The SMILES string of the molecule is Cc1oc2ncnc(N3CCCCC3)c2c1C(=O)N1CCOCC1.